The lowest BCUT2D eigenvalue weighted by atomic mass is 10.1. The Morgan fingerprint density at radius 1 is 1.86 bits per heavy atom. The molecule has 1 saturated heterocycles. The Hall–Kier alpha value is 0.310. The molecule has 1 atom stereocenters. The Morgan fingerprint density at radius 3 is 2.43 bits per heavy atom. The van der Waals surface area contributed by atoms with E-state index in [1.165, 1.54) is 12.2 Å². The van der Waals surface area contributed by atoms with Crippen LogP contribution in [0.2, 0.25) is 0 Å². The van der Waals surface area contributed by atoms with Gasteiger partial charge in [-0.1, -0.05) is 0 Å². The van der Waals surface area contributed by atoms with Crippen molar-refractivity contribution in [1.29, 1.82) is 0 Å². The van der Waals surface area contributed by atoms with Gasteiger partial charge in [0.25, 0.3) is 0 Å². The first kappa shape index (κ1) is 5.45. The van der Waals surface area contributed by atoms with E-state index in [2.05, 4.69) is 6.92 Å². The normalized spacial score (nSPS) is 40.3. The van der Waals surface area contributed by atoms with E-state index in [1.807, 2.05) is 11.8 Å². The molecule has 1 rings (SSSR count). The second kappa shape index (κ2) is 1.67. The van der Waals surface area contributed by atoms with Crippen LogP contribution in [0.25, 0.3) is 0 Å². The molecule has 42 valence electrons. The SMILES string of the molecule is CC1(CO)CCS1. The van der Waals surface area contributed by atoms with Crippen LogP contribution in [0.5, 0.6) is 0 Å². The third-order valence-corrected chi connectivity index (χ3v) is 2.85. The first-order valence-electron chi connectivity index (χ1n) is 2.52. The van der Waals surface area contributed by atoms with E-state index < -0.39 is 0 Å². The zero-order valence-corrected chi connectivity index (χ0v) is 5.29. The van der Waals surface area contributed by atoms with E-state index in [1.54, 1.807) is 0 Å². The minimum absolute atomic E-state index is 0.236. The van der Waals surface area contributed by atoms with Crippen molar-refractivity contribution in [3.8, 4) is 0 Å². The van der Waals surface area contributed by atoms with Gasteiger partial charge in [0.1, 0.15) is 0 Å². The molecule has 0 aromatic rings. The predicted molar refractivity (Wildman–Crippen MR) is 32.6 cm³/mol. The summed E-state index contributed by atoms with van der Waals surface area (Å²) in [6.45, 7) is 2.44. The third-order valence-electron chi connectivity index (χ3n) is 1.42. The fourth-order valence-electron chi connectivity index (χ4n) is 0.575. The highest BCUT2D eigenvalue weighted by molar-refractivity contribution is 8.02. The number of aliphatic hydroxyl groups excluding tert-OH is 1. The van der Waals surface area contributed by atoms with Crippen LogP contribution in [0.4, 0.5) is 0 Å². The van der Waals surface area contributed by atoms with Crippen molar-refractivity contribution in [2.45, 2.75) is 18.1 Å². The van der Waals surface area contributed by atoms with E-state index in [-0.39, 0.29) is 4.75 Å². The van der Waals surface area contributed by atoms with Crippen LogP contribution in [0.1, 0.15) is 13.3 Å². The van der Waals surface area contributed by atoms with Crippen LogP contribution in [0.3, 0.4) is 0 Å². The number of rotatable bonds is 1. The van der Waals surface area contributed by atoms with E-state index >= 15 is 0 Å². The predicted octanol–water partition coefficient (Wildman–Crippen LogP) is 0.874. The molecule has 1 nitrogen and oxygen atoms in total. The second-order valence-electron chi connectivity index (χ2n) is 2.21. The van der Waals surface area contributed by atoms with E-state index in [4.69, 9.17) is 5.11 Å². The summed E-state index contributed by atoms with van der Waals surface area (Å²) in [5, 5.41) is 8.62. The minimum atomic E-state index is 0.236. The van der Waals surface area contributed by atoms with Crippen LogP contribution < -0.4 is 0 Å². The van der Waals surface area contributed by atoms with Gasteiger partial charge in [-0.25, -0.2) is 0 Å². The molecule has 7 heavy (non-hydrogen) atoms. The second-order valence-corrected chi connectivity index (χ2v) is 3.89. The first-order chi connectivity index (χ1) is 3.27. The van der Waals surface area contributed by atoms with Crippen molar-refractivity contribution in [3.63, 3.8) is 0 Å². The average molecular weight is 118 g/mol. The summed E-state index contributed by atoms with van der Waals surface area (Å²) in [7, 11) is 0. The highest BCUT2D eigenvalue weighted by atomic mass is 32.2. The summed E-state index contributed by atoms with van der Waals surface area (Å²) >= 11 is 1.86. The van der Waals surface area contributed by atoms with E-state index in [9.17, 15) is 0 Å². The molecule has 0 aliphatic carbocycles. The molecule has 1 N–H and O–H groups in total. The Morgan fingerprint density at radius 2 is 2.43 bits per heavy atom. The highest BCUT2D eigenvalue weighted by Crippen LogP contribution is 2.39. The smallest absolute Gasteiger partial charge is 0.0575 e. The summed E-state index contributed by atoms with van der Waals surface area (Å²) in [5.41, 5.74) is 0. The van der Waals surface area contributed by atoms with Gasteiger partial charge in [-0.05, 0) is 19.1 Å². The molecule has 1 aliphatic rings. The van der Waals surface area contributed by atoms with Gasteiger partial charge in [-0.2, -0.15) is 11.8 Å². The molecule has 0 saturated carbocycles. The molecule has 0 aromatic carbocycles. The zero-order valence-electron chi connectivity index (χ0n) is 4.48. The topological polar surface area (TPSA) is 20.2 Å². The Kier molecular flexibility index (Phi) is 1.30. The maximum atomic E-state index is 8.62. The molecule has 1 unspecified atom stereocenters. The van der Waals surface area contributed by atoms with Crippen molar-refractivity contribution in [1.82, 2.24) is 0 Å². The number of thioether (sulfide) groups is 1. The van der Waals surface area contributed by atoms with Crippen LogP contribution in [0, 0.1) is 0 Å². The largest absolute Gasteiger partial charge is 0.395 e. The van der Waals surface area contributed by atoms with Gasteiger partial charge in [0.05, 0.1) is 6.61 Å². The fourth-order valence-corrected chi connectivity index (χ4v) is 1.57. The summed E-state index contributed by atoms with van der Waals surface area (Å²) in [5.74, 6) is 1.23. The monoisotopic (exact) mass is 118 g/mol. The number of hydrogen-bond donors (Lipinski definition) is 1. The Balaban J connectivity index is 2.29. The third kappa shape index (κ3) is 0.916. The lowest BCUT2D eigenvalue weighted by Crippen LogP contribution is -2.34. The molecule has 0 amide bonds. The summed E-state index contributed by atoms with van der Waals surface area (Å²) in [6, 6.07) is 0. The van der Waals surface area contributed by atoms with Crippen molar-refractivity contribution < 1.29 is 5.11 Å². The van der Waals surface area contributed by atoms with Gasteiger partial charge in [0.2, 0.25) is 0 Å². The molecule has 0 aromatic heterocycles. The van der Waals surface area contributed by atoms with Crippen LogP contribution in [-0.4, -0.2) is 22.2 Å². The molecular formula is C5H10OS. The van der Waals surface area contributed by atoms with Gasteiger partial charge < -0.3 is 5.11 Å². The van der Waals surface area contributed by atoms with Crippen LogP contribution >= 0.6 is 11.8 Å². The summed E-state index contributed by atoms with van der Waals surface area (Å²) < 4.78 is 0.236. The number of hydrogen-bond acceptors (Lipinski definition) is 2. The Labute approximate surface area is 48.1 Å². The molecule has 1 fully saturated rings. The van der Waals surface area contributed by atoms with Crippen LogP contribution in [0.15, 0.2) is 0 Å². The zero-order chi connectivity index (χ0) is 5.33. The molecule has 1 heterocycles. The van der Waals surface area contributed by atoms with E-state index in [0.29, 0.717) is 6.61 Å². The quantitative estimate of drug-likeness (QED) is 0.551. The summed E-state index contributed by atoms with van der Waals surface area (Å²) in [4.78, 5) is 0. The van der Waals surface area contributed by atoms with Gasteiger partial charge in [0, 0.05) is 4.75 Å². The van der Waals surface area contributed by atoms with Gasteiger partial charge in [0.15, 0.2) is 0 Å². The minimum Gasteiger partial charge on any atom is -0.395 e. The molecule has 0 bridgehead atoms. The standard InChI is InChI=1S/C5H10OS/c1-5(4-6)2-3-7-5/h6H,2-4H2,1H3. The lowest BCUT2D eigenvalue weighted by molar-refractivity contribution is 0.247. The maximum absolute atomic E-state index is 8.62. The lowest BCUT2D eigenvalue weighted by Gasteiger charge is -2.35. The number of aliphatic hydroxyl groups is 1. The maximum Gasteiger partial charge on any atom is 0.0575 e. The van der Waals surface area contributed by atoms with Gasteiger partial charge in [-0.3, -0.25) is 0 Å². The van der Waals surface area contributed by atoms with Gasteiger partial charge >= 0.3 is 0 Å². The first-order valence-corrected chi connectivity index (χ1v) is 3.50. The fraction of sp³-hybridized carbons (Fsp3) is 1.00. The molecule has 0 spiro atoms. The van der Waals surface area contributed by atoms with Crippen molar-refractivity contribution in [2.24, 2.45) is 0 Å². The van der Waals surface area contributed by atoms with Gasteiger partial charge in [-0.15, -0.1) is 0 Å². The summed E-state index contributed by atoms with van der Waals surface area (Å²) in [6.07, 6.45) is 1.19. The van der Waals surface area contributed by atoms with Crippen molar-refractivity contribution >= 4 is 11.8 Å². The highest BCUT2D eigenvalue weighted by Gasteiger charge is 2.31. The van der Waals surface area contributed by atoms with Crippen molar-refractivity contribution in [3.05, 3.63) is 0 Å². The van der Waals surface area contributed by atoms with Crippen LogP contribution in [-0.2, 0) is 0 Å². The molecular weight excluding hydrogens is 108 g/mol. The average Bonchev–Trinajstić information content (AvgIpc) is 1.61. The molecule has 1 aliphatic heterocycles. The molecule has 0 radical (unpaired) electrons. The van der Waals surface area contributed by atoms with E-state index in [0.717, 1.165) is 0 Å². The molecule has 2 heteroatoms. The Bertz CT molecular complexity index is 63.0. The van der Waals surface area contributed by atoms with Crippen molar-refractivity contribution in [2.75, 3.05) is 12.4 Å².